The third kappa shape index (κ3) is 3.33. The fourth-order valence-corrected chi connectivity index (χ4v) is 1.77. The van der Waals surface area contributed by atoms with Crippen LogP contribution in [-0.4, -0.2) is 38.7 Å². The van der Waals surface area contributed by atoms with Crippen molar-refractivity contribution in [1.82, 2.24) is 0 Å². The summed E-state index contributed by atoms with van der Waals surface area (Å²) in [5, 5.41) is 0. The summed E-state index contributed by atoms with van der Waals surface area (Å²) in [7, 11) is -3.44. The second-order valence-corrected chi connectivity index (χ2v) is 7.33. The highest BCUT2D eigenvalue weighted by molar-refractivity contribution is 7.90. The molecular formula is C10H19BO4S. The second-order valence-electron chi connectivity index (χ2n) is 5.15. The average Bonchev–Trinajstić information content (AvgIpc) is 2.17. The third-order valence-electron chi connectivity index (χ3n) is 2.96. The maximum Gasteiger partial charge on any atom is 0.486 e. The van der Waals surface area contributed by atoms with Crippen LogP contribution in [0.15, 0.2) is 12.1 Å². The predicted octanol–water partition coefficient (Wildman–Crippen LogP) is 1.22. The van der Waals surface area contributed by atoms with Crippen LogP contribution in [0.5, 0.6) is 0 Å². The summed E-state index contributed by atoms with van der Waals surface area (Å²) in [5.41, 5.74) is -0.764. The van der Waals surface area contributed by atoms with Gasteiger partial charge < -0.3 is 9.31 Å². The van der Waals surface area contributed by atoms with Crippen molar-refractivity contribution in [2.45, 2.75) is 38.9 Å². The molecule has 1 aliphatic heterocycles. The molecule has 92 valence electrons. The molecule has 0 aliphatic carbocycles. The number of rotatable bonds is 3. The second kappa shape index (κ2) is 4.16. The maximum absolute atomic E-state index is 10.9. The van der Waals surface area contributed by atoms with Crippen LogP contribution in [0.25, 0.3) is 0 Å². The minimum atomic E-state index is -2.97. The van der Waals surface area contributed by atoms with Crippen LogP contribution >= 0.6 is 0 Å². The first-order valence-electron chi connectivity index (χ1n) is 5.23. The summed E-state index contributed by atoms with van der Waals surface area (Å²) < 4.78 is 33.2. The Morgan fingerprint density at radius 1 is 1.12 bits per heavy atom. The quantitative estimate of drug-likeness (QED) is 0.702. The molecule has 0 saturated carbocycles. The fraction of sp³-hybridized carbons (Fsp3) is 0.800. The van der Waals surface area contributed by atoms with E-state index in [0.29, 0.717) is 0 Å². The number of hydrogen-bond acceptors (Lipinski definition) is 4. The highest BCUT2D eigenvalue weighted by Crippen LogP contribution is 2.36. The Morgan fingerprint density at radius 3 is 1.94 bits per heavy atom. The number of sulfone groups is 1. The largest absolute Gasteiger partial charge is 0.486 e. The Hall–Kier alpha value is -0.325. The van der Waals surface area contributed by atoms with E-state index in [9.17, 15) is 8.42 Å². The summed E-state index contributed by atoms with van der Waals surface area (Å²) in [6.45, 7) is 7.82. The van der Waals surface area contributed by atoms with Gasteiger partial charge in [0.2, 0.25) is 0 Å². The van der Waals surface area contributed by atoms with Crippen molar-refractivity contribution in [3.05, 3.63) is 12.1 Å². The topological polar surface area (TPSA) is 52.6 Å². The lowest BCUT2D eigenvalue weighted by Gasteiger charge is -2.32. The molecule has 0 atom stereocenters. The van der Waals surface area contributed by atoms with Crippen LogP contribution in [0.4, 0.5) is 0 Å². The van der Waals surface area contributed by atoms with Crippen molar-refractivity contribution < 1.29 is 17.7 Å². The molecule has 0 amide bonds. The zero-order chi connectivity index (χ0) is 12.6. The Bertz CT molecular complexity index is 368. The van der Waals surface area contributed by atoms with Crippen LogP contribution in [-0.2, 0) is 19.1 Å². The molecular weight excluding hydrogens is 227 g/mol. The molecule has 1 fully saturated rings. The molecule has 4 nitrogen and oxygen atoms in total. The minimum Gasteiger partial charge on any atom is -0.400 e. The van der Waals surface area contributed by atoms with Crippen LogP contribution in [0.2, 0.25) is 0 Å². The molecule has 1 heterocycles. The standard InChI is InChI=1S/C10H19BO4S/c1-9(2)10(3,4)15-11(14-9)7-6-8-16(5,12)13/h6-7H,8H2,1-5H3/b7-6+. The predicted molar refractivity (Wildman–Crippen MR) is 64.9 cm³/mol. The SMILES string of the molecule is CC1(C)OB(/C=C/CS(C)(=O)=O)OC1(C)C. The van der Waals surface area contributed by atoms with Crippen molar-refractivity contribution in [2.75, 3.05) is 12.0 Å². The van der Waals surface area contributed by atoms with E-state index >= 15 is 0 Å². The Kier molecular flexibility index (Phi) is 3.57. The van der Waals surface area contributed by atoms with Gasteiger partial charge in [-0.3, -0.25) is 0 Å². The third-order valence-corrected chi connectivity index (χ3v) is 3.76. The van der Waals surface area contributed by atoms with Crippen molar-refractivity contribution in [3.63, 3.8) is 0 Å². The van der Waals surface area contributed by atoms with Crippen LogP contribution in [0, 0.1) is 0 Å². The van der Waals surface area contributed by atoms with Crippen molar-refractivity contribution in [1.29, 1.82) is 0 Å². The Balaban J connectivity index is 2.61. The average molecular weight is 246 g/mol. The highest BCUT2D eigenvalue weighted by atomic mass is 32.2. The van der Waals surface area contributed by atoms with Gasteiger partial charge in [0.25, 0.3) is 0 Å². The summed E-state index contributed by atoms with van der Waals surface area (Å²) in [6, 6.07) is 0. The van der Waals surface area contributed by atoms with E-state index < -0.39 is 17.0 Å². The fourth-order valence-electron chi connectivity index (χ4n) is 1.31. The maximum atomic E-state index is 10.9. The molecule has 0 aromatic heterocycles. The van der Waals surface area contributed by atoms with Crippen molar-refractivity contribution in [2.24, 2.45) is 0 Å². The van der Waals surface area contributed by atoms with Crippen LogP contribution in [0.1, 0.15) is 27.7 Å². The zero-order valence-corrected chi connectivity index (χ0v) is 11.3. The molecule has 1 saturated heterocycles. The van der Waals surface area contributed by atoms with Gasteiger partial charge in [0.1, 0.15) is 0 Å². The van der Waals surface area contributed by atoms with E-state index in [0.717, 1.165) is 0 Å². The van der Waals surface area contributed by atoms with Gasteiger partial charge in [-0.25, -0.2) is 8.42 Å². The molecule has 0 unspecified atom stereocenters. The van der Waals surface area contributed by atoms with E-state index in [-0.39, 0.29) is 17.0 Å². The lowest BCUT2D eigenvalue weighted by molar-refractivity contribution is 0.00578. The van der Waals surface area contributed by atoms with E-state index in [4.69, 9.17) is 9.31 Å². The molecule has 0 aromatic carbocycles. The monoisotopic (exact) mass is 246 g/mol. The summed E-state index contributed by atoms with van der Waals surface area (Å²) in [6.07, 6.45) is 2.76. The van der Waals surface area contributed by atoms with Gasteiger partial charge in [-0.15, -0.1) is 0 Å². The van der Waals surface area contributed by atoms with Crippen LogP contribution in [0.3, 0.4) is 0 Å². The van der Waals surface area contributed by atoms with E-state index in [1.54, 1.807) is 12.1 Å². The van der Waals surface area contributed by atoms with Crippen LogP contribution < -0.4 is 0 Å². The van der Waals surface area contributed by atoms with Gasteiger partial charge in [-0.05, 0) is 27.7 Å². The summed E-state index contributed by atoms with van der Waals surface area (Å²) in [5.74, 6) is 1.66. The zero-order valence-electron chi connectivity index (χ0n) is 10.5. The first kappa shape index (κ1) is 13.7. The molecule has 1 aliphatic rings. The lowest BCUT2D eigenvalue weighted by Crippen LogP contribution is -2.41. The minimum absolute atomic E-state index is 0.0110. The first-order chi connectivity index (χ1) is 7.04. The van der Waals surface area contributed by atoms with E-state index in [1.807, 2.05) is 27.7 Å². The molecule has 6 heteroatoms. The van der Waals surface area contributed by atoms with Gasteiger partial charge in [0.05, 0.1) is 17.0 Å². The normalized spacial score (nSPS) is 24.2. The molecule has 0 bridgehead atoms. The Morgan fingerprint density at radius 2 is 1.56 bits per heavy atom. The van der Waals surface area contributed by atoms with Gasteiger partial charge in [0, 0.05) is 6.26 Å². The summed E-state index contributed by atoms with van der Waals surface area (Å²) >= 11 is 0. The molecule has 0 spiro atoms. The van der Waals surface area contributed by atoms with Gasteiger partial charge in [-0.2, -0.15) is 0 Å². The first-order valence-corrected chi connectivity index (χ1v) is 7.30. The molecule has 1 rings (SSSR count). The Labute approximate surface area is 98.1 Å². The smallest absolute Gasteiger partial charge is 0.400 e. The highest BCUT2D eigenvalue weighted by Gasteiger charge is 2.49. The van der Waals surface area contributed by atoms with Gasteiger partial charge >= 0.3 is 7.12 Å². The van der Waals surface area contributed by atoms with E-state index in [1.165, 1.54) is 6.26 Å². The molecule has 0 aromatic rings. The van der Waals surface area contributed by atoms with Crippen molar-refractivity contribution >= 4 is 17.0 Å². The summed E-state index contributed by atoms with van der Waals surface area (Å²) in [4.78, 5) is 0. The van der Waals surface area contributed by atoms with Gasteiger partial charge in [-0.1, -0.05) is 12.1 Å². The molecule has 0 radical (unpaired) electrons. The number of hydrogen-bond donors (Lipinski definition) is 0. The molecule has 16 heavy (non-hydrogen) atoms. The van der Waals surface area contributed by atoms with E-state index in [2.05, 4.69) is 0 Å². The molecule has 0 N–H and O–H groups in total. The van der Waals surface area contributed by atoms with Crippen molar-refractivity contribution in [3.8, 4) is 0 Å². The lowest BCUT2D eigenvalue weighted by atomic mass is 9.90. The van der Waals surface area contributed by atoms with Gasteiger partial charge in [0.15, 0.2) is 9.84 Å².